The van der Waals surface area contributed by atoms with Crippen LogP contribution in [0.5, 0.6) is 0 Å². The molecule has 1 aliphatic heterocycles. The Bertz CT molecular complexity index is 403. The maximum atomic E-state index is 11.9. The van der Waals surface area contributed by atoms with Crippen LogP contribution in [0.2, 0.25) is 0 Å². The summed E-state index contributed by atoms with van der Waals surface area (Å²) >= 11 is 0. The molecule has 1 atom stereocenters. The minimum absolute atomic E-state index is 0.0897. The number of aromatic nitrogens is 2. The average molecular weight is 251 g/mol. The molecule has 5 heteroatoms. The Hall–Kier alpha value is -1.36. The predicted molar refractivity (Wildman–Crippen MR) is 67.9 cm³/mol. The molecule has 1 aromatic rings. The molecule has 5 nitrogen and oxygen atoms in total. The third-order valence-electron chi connectivity index (χ3n) is 3.31. The zero-order chi connectivity index (χ0) is 13.0. The highest BCUT2D eigenvalue weighted by molar-refractivity contribution is 5.75. The zero-order valence-corrected chi connectivity index (χ0v) is 11.1. The second kappa shape index (κ2) is 6.00. The molecule has 1 aliphatic rings. The number of hydrogen-bond donors (Lipinski definition) is 0. The van der Waals surface area contributed by atoms with E-state index in [1.165, 1.54) is 0 Å². The Morgan fingerprint density at radius 1 is 1.56 bits per heavy atom. The summed E-state index contributed by atoms with van der Waals surface area (Å²) in [5, 5.41) is 4.37. The van der Waals surface area contributed by atoms with Gasteiger partial charge in [-0.1, -0.05) is 6.42 Å². The SMILES string of the molecule is CCOC(=O)C1CCCCN1Cc1ccn(C)n1. The monoisotopic (exact) mass is 251 g/mol. The number of esters is 1. The van der Waals surface area contributed by atoms with E-state index in [0.717, 1.165) is 38.0 Å². The van der Waals surface area contributed by atoms with Crippen molar-refractivity contribution < 1.29 is 9.53 Å². The fraction of sp³-hybridized carbons (Fsp3) is 0.692. The lowest BCUT2D eigenvalue weighted by Crippen LogP contribution is -2.45. The van der Waals surface area contributed by atoms with Gasteiger partial charge in [-0.2, -0.15) is 5.10 Å². The highest BCUT2D eigenvalue weighted by atomic mass is 16.5. The van der Waals surface area contributed by atoms with Gasteiger partial charge in [0.15, 0.2) is 0 Å². The molecule has 0 aliphatic carbocycles. The molecule has 0 amide bonds. The van der Waals surface area contributed by atoms with E-state index in [9.17, 15) is 4.79 Å². The van der Waals surface area contributed by atoms with Crippen LogP contribution in [0, 0.1) is 0 Å². The van der Waals surface area contributed by atoms with Gasteiger partial charge in [0, 0.05) is 19.8 Å². The third-order valence-corrected chi connectivity index (χ3v) is 3.31. The molecule has 100 valence electrons. The maximum absolute atomic E-state index is 11.9. The largest absolute Gasteiger partial charge is 0.465 e. The Labute approximate surface area is 108 Å². The summed E-state index contributed by atoms with van der Waals surface area (Å²) in [6.45, 7) is 3.97. The van der Waals surface area contributed by atoms with E-state index in [0.29, 0.717) is 6.61 Å². The van der Waals surface area contributed by atoms with E-state index in [1.54, 1.807) is 4.68 Å². The zero-order valence-electron chi connectivity index (χ0n) is 11.1. The van der Waals surface area contributed by atoms with Gasteiger partial charge in [-0.25, -0.2) is 0 Å². The minimum Gasteiger partial charge on any atom is -0.465 e. The second-order valence-corrected chi connectivity index (χ2v) is 4.71. The number of nitrogens with zero attached hydrogens (tertiary/aromatic N) is 3. The van der Waals surface area contributed by atoms with Crippen LogP contribution in [0.25, 0.3) is 0 Å². The van der Waals surface area contributed by atoms with E-state index >= 15 is 0 Å². The summed E-state index contributed by atoms with van der Waals surface area (Å²) in [6.07, 6.45) is 5.06. The molecule has 18 heavy (non-hydrogen) atoms. The molecule has 1 saturated heterocycles. The van der Waals surface area contributed by atoms with Crippen molar-refractivity contribution in [2.24, 2.45) is 7.05 Å². The number of likely N-dealkylation sites (tertiary alicyclic amines) is 1. The lowest BCUT2D eigenvalue weighted by atomic mass is 10.0. The standard InChI is InChI=1S/C13H21N3O2/c1-3-18-13(17)12-6-4-5-8-16(12)10-11-7-9-15(2)14-11/h7,9,12H,3-6,8,10H2,1-2H3. The number of aryl methyl sites for hydroxylation is 1. The van der Waals surface area contributed by atoms with Crippen LogP contribution in [0.3, 0.4) is 0 Å². The molecule has 1 fully saturated rings. The van der Waals surface area contributed by atoms with E-state index in [1.807, 2.05) is 26.2 Å². The normalized spacial score (nSPS) is 20.9. The van der Waals surface area contributed by atoms with E-state index < -0.39 is 0 Å². The number of piperidine rings is 1. The van der Waals surface area contributed by atoms with Gasteiger partial charge in [0.25, 0.3) is 0 Å². The number of carbonyl (C=O) groups is 1. The minimum atomic E-state index is -0.0966. The molecular formula is C13H21N3O2. The molecule has 0 radical (unpaired) electrons. The van der Waals surface area contributed by atoms with Crippen molar-refractivity contribution in [3.63, 3.8) is 0 Å². The first-order valence-corrected chi connectivity index (χ1v) is 6.60. The van der Waals surface area contributed by atoms with Crippen molar-refractivity contribution in [1.82, 2.24) is 14.7 Å². The quantitative estimate of drug-likeness (QED) is 0.758. The summed E-state index contributed by atoms with van der Waals surface area (Å²) < 4.78 is 6.94. The molecule has 2 heterocycles. The highest BCUT2D eigenvalue weighted by Crippen LogP contribution is 2.20. The van der Waals surface area contributed by atoms with Crippen molar-refractivity contribution in [2.45, 2.75) is 38.8 Å². The number of hydrogen-bond acceptors (Lipinski definition) is 4. The Balaban J connectivity index is 2.01. The summed E-state index contributed by atoms with van der Waals surface area (Å²) in [5.41, 5.74) is 1.01. The summed E-state index contributed by atoms with van der Waals surface area (Å²) in [6, 6.07) is 1.90. The van der Waals surface area contributed by atoms with Crippen LogP contribution in [0.1, 0.15) is 31.9 Å². The van der Waals surface area contributed by atoms with Crippen molar-refractivity contribution in [3.05, 3.63) is 18.0 Å². The van der Waals surface area contributed by atoms with Crippen LogP contribution in [-0.4, -0.2) is 39.8 Å². The van der Waals surface area contributed by atoms with Gasteiger partial charge in [-0.05, 0) is 32.4 Å². The van der Waals surface area contributed by atoms with Crippen molar-refractivity contribution >= 4 is 5.97 Å². The predicted octanol–water partition coefficient (Wildman–Crippen LogP) is 1.34. The smallest absolute Gasteiger partial charge is 0.323 e. The lowest BCUT2D eigenvalue weighted by Gasteiger charge is -2.33. The fourth-order valence-electron chi connectivity index (χ4n) is 2.44. The number of ether oxygens (including phenoxy) is 1. The van der Waals surface area contributed by atoms with E-state index in [-0.39, 0.29) is 12.0 Å². The van der Waals surface area contributed by atoms with E-state index in [2.05, 4.69) is 10.00 Å². The molecule has 2 rings (SSSR count). The van der Waals surface area contributed by atoms with Gasteiger partial charge in [0.1, 0.15) is 6.04 Å². The topological polar surface area (TPSA) is 47.4 Å². The molecule has 0 saturated carbocycles. The Kier molecular flexibility index (Phi) is 4.36. The van der Waals surface area contributed by atoms with Gasteiger partial charge < -0.3 is 4.74 Å². The molecule has 0 N–H and O–H groups in total. The molecule has 1 unspecified atom stereocenters. The molecule has 0 spiro atoms. The fourth-order valence-corrected chi connectivity index (χ4v) is 2.44. The van der Waals surface area contributed by atoms with Gasteiger partial charge in [0.05, 0.1) is 12.3 Å². The van der Waals surface area contributed by atoms with Crippen LogP contribution in [0.15, 0.2) is 12.3 Å². The summed E-state index contributed by atoms with van der Waals surface area (Å²) in [5.74, 6) is -0.0897. The maximum Gasteiger partial charge on any atom is 0.323 e. The van der Waals surface area contributed by atoms with Crippen LogP contribution in [-0.2, 0) is 23.1 Å². The van der Waals surface area contributed by atoms with Crippen LogP contribution < -0.4 is 0 Å². The van der Waals surface area contributed by atoms with E-state index in [4.69, 9.17) is 4.74 Å². The average Bonchev–Trinajstić information content (AvgIpc) is 2.76. The first-order valence-electron chi connectivity index (χ1n) is 6.60. The van der Waals surface area contributed by atoms with Gasteiger partial charge >= 0.3 is 5.97 Å². The van der Waals surface area contributed by atoms with Gasteiger partial charge in [-0.15, -0.1) is 0 Å². The van der Waals surface area contributed by atoms with Crippen molar-refractivity contribution in [1.29, 1.82) is 0 Å². The van der Waals surface area contributed by atoms with Gasteiger partial charge in [0.2, 0.25) is 0 Å². The molecule has 0 bridgehead atoms. The molecule has 0 aromatic carbocycles. The Morgan fingerprint density at radius 3 is 3.06 bits per heavy atom. The van der Waals surface area contributed by atoms with Crippen molar-refractivity contribution in [3.8, 4) is 0 Å². The number of rotatable bonds is 4. The first-order chi connectivity index (χ1) is 8.70. The summed E-state index contributed by atoms with van der Waals surface area (Å²) in [7, 11) is 1.91. The van der Waals surface area contributed by atoms with Crippen LogP contribution >= 0.6 is 0 Å². The third kappa shape index (κ3) is 3.10. The molecule has 1 aromatic heterocycles. The Morgan fingerprint density at radius 2 is 2.39 bits per heavy atom. The highest BCUT2D eigenvalue weighted by Gasteiger charge is 2.30. The van der Waals surface area contributed by atoms with Crippen LogP contribution in [0.4, 0.5) is 0 Å². The number of carbonyl (C=O) groups excluding carboxylic acids is 1. The second-order valence-electron chi connectivity index (χ2n) is 4.71. The molecular weight excluding hydrogens is 230 g/mol. The summed E-state index contributed by atoms with van der Waals surface area (Å²) in [4.78, 5) is 14.1. The lowest BCUT2D eigenvalue weighted by molar-refractivity contribution is -0.151. The van der Waals surface area contributed by atoms with Gasteiger partial charge in [-0.3, -0.25) is 14.4 Å². The first kappa shape index (κ1) is 13.1. The van der Waals surface area contributed by atoms with Crippen molar-refractivity contribution in [2.75, 3.05) is 13.2 Å².